The van der Waals surface area contributed by atoms with E-state index < -0.39 is 17.1 Å². The van der Waals surface area contributed by atoms with E-state index in [9.17, 15) is 19.5 Å². The van der Waals surface area contributed by atoms with Crippen LogP contribution in [-0.2, 0) is 19.1 Å². The number of urea groups is 1. The summed E-state index contributed by atoms with van der Waals surface area (Å²) in [7, 11) is 1.98. The summed E-state index contributed by atoms with van der Waals surface area (Å²) >= 11 is 0. The molecular formula is C31H47N3O6. The topological polar surface area (TPSA) is 108 Å². The molecule has 2 N–H and O–H groups in total. The molecule has 5 fully saturated rings. The number of fused-ring (bicyclic) bond motifs is 5. The minimum atomic E-state index is -0.979. The molecule has 1 saturated heterocycles. The Morgan fingerprint density at radius 2 is 1.88 bits per heavy atom. The molecule has 2 aliphatic heterocycles. The molecule has 2 amide bonds. The molecule has 4 saturated carbocycles. The van der Waals surface area contributed by atoms with Crippen LogP contribution in [0.3, 0.4) is 0 Å². The molecule has 9 heteroatoms. The number of nitrogens with zero attached hydrogens (tertiary/aromatic N) is 2. The molecule has 4 aliphatic carbocycles. The van der Waals surface area contributed by atoms with Crippen molar-refractivity contribution in [2.75, 3.05) is 39.8 Å². The molecule has 0 radical (unpaired) electrons. The van der Waals surface area contributed by atoms with E-state index in [1.165, 1.54) is 6.92 Å². The third-order valence-corrected chi connectivity index (χ3v) is 12.5. The standard InChI is InChI=1S/C31H47N3O6/c1-19(35)40-25-17-31(38)24-6-5-21-16-22(33(4)28(37)34-13-11-32-12-14-34)7-9-29(21,2)23(24)8-10-30(31,3)27(25)20-15-26(36)39-18-20/h15,21-25,27,32,38H,5-14,16-18H2,1-4H3. The van der Waals surface area contributed by atoms with Crippen molar-refractivity contribution < 1.29 is 29.0 Å². The lowest BCUT2D eigenvalue weighted by Crippen LogP contribution is -2.63. The van der Waals surface area contributed by atoms with Gasteiger partial charge < -0.3 is 29.7 Å². The van der Waals surface area contributed by atoms with Crippen LogP contribution in [0.5, 0.6) is 0 Å². The van der Waals surface area contributed by atoms with Gasteiger partial charge in [-0.1, -0.05) is 13.8 Å². The van der Waals surface area contributed by atoms with Crippen molar-refractivity contribution in [3.63, 3.8) is 0 Å². The van der Waals surface area contributed by atoms with Crippen LogP contribution < -0.4 is 5.32 Å². The smallest absolute Gasteiger partial charge is 0.331 e. The van der Waals surface area contributed by atoms with Crippen molar-refractivity contribution in [2.45, 2.75) is 89.9 Å². The van der Waals surface area contributed by atoms with E-state index in [0.717, 1.165) is 76.7 Å². The van der Waals surface area contributed by atoms with Gasteiger partial charge in [0.2, 0.25) is 0 Å². The lowest BCUT2D eigenvalue weighted by molar-refractivity contribution is -0.206. The molecule has 6 aliphatic rings. The van der Waals surface area contributed by atoms with Gasteiger partial charge in [0.05, 0.1) is 5.60 Å². The van der Waals surface area contributed by atoms with E-state index in [4.69, 9.17) is 9.47 Å². The number of hydrogen-bond donors (Lipinski definition) is 2. The third-order valence-electron chi connectivity index (χ3n) is 12.5. The Balaban J connectivity index is 1.22. The zero-order chi connectivity index (χ0) is 28.4. The maximum Gasteiger partial charge on any atom is 0.331 e. The van der Waals surface area contributed by atoms with Crippen molar-refractivity contribution in [1.82, 2.24) is 15.1 Å². The largest absolute Gasteiger partial charge is 0.462 e. The van der Waals surface area contributed by atoms with E-state index >= 15 is 0 Å². The Morgan fingerprint density at radius 3 is 2.55 bits per heavy atom. The highest BCUT2D eigenvalue weighted by Gasteiger charge is 2.71. The van der Waals surface area contributed by atoms with Crippen molar-refractivity contribution in [2.24, 2.45) is 34.5 Å². The first-order valence-corrected chi connectivity index (χ1v) is 15.5. The molecule has 6 rings (SSSR count). The number of nitrogens with one attached hydrogen (secondary N) is 1. The van der Waals surface area contributed by atoms with Crippen molar-refractivity contribution in [3.8, 4) is 0 Å². The van der Waals surface area contributed by atoms with Crippen LogP contribution >= 0.6 is 0 Å². The summed E-state index contributed by atoms with van der Waals surface area (Å²) in [6, 6.07) is 0.411. The molecule has 222 valence electrons. The van der Waals surface area contributed by atoms with Gasteiger partial charge in [-0.25, -0.2) is 9.59 Å². The van der Waals surface area contributed by atoms with Gasteiger partial charge in [0.15, 0.2) is 0 Å². The predicted octanol–water partition coefficient (Wildman–Crippen LogP) is 3.11. The molecule has 0 aromatic heterocycles. The number of aliphatic hydroxyl groups is 1. The Bertz CT molecular complexity index is 1090. The fraction of sp³-hybridized carbons (Fsp3) is 0.839. The summed E-state index contributed by atoms with van der Waals surface area (Å²) in [4.78, 5) is 41.4. The fourth-order valence-electron chi connectivity index (χ4n) is 10.3. The van der Waals surface area contributed by atoms with Crippen molar-refractivity contribution in [1.29, 1.82) is 0 Å². The summed E-state index contributed by atoms with van der Waals surface area (Å²) < 4.78 is 11.1. The molecule has 0 spiro atoms. The zero-order valence-corrected chi connectivity index (χ0v) is 24.6. The number of ether oxygens (including phenoxy) is 2. The first-order valence-electron chi connectivity index (χ1n) is 15.5. The van der Waals surface area contributed by atoms with Crippen molar-refractivity contribution in [3.05, 3.63) is 11.6 Å². The maximum absolute atomic E-state index is 13.3. The summed E-state index contributed by atoms with van der Waals surface area (Å²) in [5, 5.41) is 16.0. The van der Waals surface area contributed by atoms with Crippen LogP contribution in [0.25, 0.3) is 0 Å². The first-order chi connectivity index (χ1) is 19.0. The van der Waals surface area contributed by atoms with E-state index in [-0.39, 0.29) is 47.9 Å². The number of rotatable bonds is 3. The molecular weight excluding hydrogens is 510 g/mol. The van der Waals surface area contributed by atoms with Gasteiger partial charge in [0.25, 0.3) is 0 Å². The first kappa shape index (κ1) is 28.0. The van der Waals surface area contributed by atoms with E-state index in [1.807, 2.05) is 16.8 Å². The monoisotopic (exact) mass is 557 g/mol. The average molecular weight is 558 g/mol. The Morgan fingerprint density at radius 1 is 1.12 bits per heavy atom. The average Bonchev–Trinajstić information content (AvgIpc) is 3.44. The number of piperazine rings is 1. The Hall–Kier alpha value is -2.13. The number of hydrogen-bond acceptors (Lipinski definition) is 7. The molecule has 9 atom stereocenters. The van der Waals surface area contributed by atoms with E-state index in [2.05, 4.69) is 19.2 Å². The molecule has 9 nitrogen and oxygen atoms in total. The minimum absolute atomic E-state index is 0.107. The fourth-order valence-corrected chi connectivity index (χ4v) is 10.3. The van der Waals surface area contributed by atoms with Crippen LogP contribution in [0.1, 0.15) is 72.1 Å². The second-order valence-electron chi connectivity index (χ2n) is 14.1. The van der Waals surface area contributed by atoms with Gasteiger partial charge in [0.1, 0.15) is 12.7 Å². The SMILES string of the molecule is CC(=O)OC1CC2(O)C3CCC4CC(N(C)C(=O)N5CCNCC5)CCC4(C)C3CCC2(C)C1C1=CC(=O)OC1. The predicted molar refractivity (Wildman–Crippen MR) is 148 cm³/mol. The molecule has 40 heavy (non-hydrogen) atoms. The molecule has 9 unspecified atom stereocenters. The van der Waals surface area contributed by atoms with Gasteiger partial charge in [-0.3, -0.25) is 4.79 Å². The van der Waals surface area contributed by atoms with Crippen LogP contribution in [0.2, 0.25) is 0 Å². The van der Waals surface area contributed by atoms with Crippen LogP contribution in [0, 0.1) is 34.5 Å². The molecule has 0 aromatic carbocycles. The van der Waals surface area contributed by atoms with Gasteiger partial charge in [0, 0.05) is 70.0 Å². The maximum atomic E-state index is 13.3. The summed E-state index contributed by atoms with van der Waals surface area (Å²) in [6.45, 7) is 9.48. The van der Waals surface area contributed by atoms with Gasteiger partial charge >= 0.3 is 18.0 Å². The second kappa shape index (κ2) is 10.0. The number of carbonyl (C=O) groups excluding carboxylic acids is 3. The molecule has 0 aromatic rings. The summed E-state index contributed by atoms with van der Waals surface area (Å²) in [5.74, 6) is 0.0900. The van der Waals surface area contributed by atoms with Crippen LogP contribution in [0.15, 0.2) is 11.6 Å². The number of carbonyl (C=O) groups is 3. The van der Waals surface area contributed by atoms with Gasteiger partial charge in [-0.15, -0.1) is 0 Å². The lowest BCUT2D eigenvalue weighted by Gasteiger charge is -2.64. The zero-order valence-electron chi connectivity index (χ0n) is 24.6. The van der Waals surface area contributed by atoms with Gasteiger partial charge in [-0.2, -0.15) is 0 Å². The quantitative estimate of drug-likeness (QED) is 0.514. The molecule has 2 heterocycles. The number of cyclic esters (lactones) is 1. The molecule has 0 bridgehead atoms. The van der Waals surface area contributed by atoms with Gasteiger partial charge in [-0.05, 0) is 73.7 Å². The number of esters is 2. The van der Waals surface area contributed by atoms with Crippen molar-refractivity contribution >= 4 is 18.0 Å². The van der Waals surface area contributed by atoms with Crippen LogP contribution in [0.4, 0.5) is 4.79 Å². The minimum Gasteiger partial charge on any atom is -0.462 e. The Kier molecular flexibility index (Phi) is 7.00. The van der Waals surface area contributed by atoms with E-state index in [1.54, 1.807) is 6.08 Å². The second-order valence-corrected chi connectivity index (χ2v) is 14.1. The highest BCUT2D eigenvalue weighted by molar-refractivity contribution is 5.85. The summed E-state index contributed by atoms with van der Waals surface area (Å²) in [6.07, 6.45) is 8.39. The Labute approximate surface area is 238 Å². The van der Waals surface area contributed by atoms with Crippen LogP contribution in [-0.4, -0.2) is 90.5 Å². The normalized spacial score (nSPS) is 44.6. The summed E-state index contributed by atoms with van der Waals surface area (Å²) in [5.41, 5.74) is -0.515. The lowest BCUT2D eigenvalue weighted by atomic mass is 9.43. The third kappa shape index (κ3) is 4.20. The van der Waals surface area contributed by atoms with E-state index in [0.29, 0.717) is 18.3 Å². The number of amides is 2. The highest BCUT2D eigenvalue weighted by Crippen LogP contribution is 2.70. The highest BCUT2D eigenvalue weighted by atomic mass is 16.5.